The highest BCUT2D eigenvalue weighted by atomic mass is 35.6. The van der Waals surface area contributed by atoms with Crippen molar-refractivity contribution in [1.82, 2.24) is 0 Å². The quantitative estimate of drug-likeness (QED) is 0.454. The number of halogens is 7. The van der Waals surface area contributed by atoms with E-state index >= 15 is 0 Å². The lowest BCUT2D eigenvalue weighted by atomic mass is 10.0. The predicted molar refractivity (Wildman–Crippen MR) is 92.2 cm³/mol. The molecule has 2 aromatic rings. The second kappa shape index (κ2) is 5.87. The molecule has 0 aliphatic heterocycles. The smallest absolute Gasteiger partial charge is 0.226 e. The van der Waals surface area contributed by atoms with Crippen molar-refractivity contribution in [2.45, 2.75) is 12.5 Å². The molecule has 0 saturated heterocycles. The normalized spacial score (nSPS) is 13.7. The number of benzene rings is 2. The predicted octanol–water partition coefficient (Wildman–Crippen LogP) is 7.16. The maximum absolute atomic E-state index is 11.9. The monoisotopic (exact) mass is 423 g/mol. The van der Waals surface area contributed by atoms with E-state index in [-0.39, 0.29) is 11.3 Å². The molecule has 2 aromatic carbocycles. The minimum Gasteiger partial charge on any atom is -0.289 e. The topological polar surface area (TPSA) is 19.9 Å². The molecule has 2 rings (SSSR count). The summed E-state index contributed by atoms with van der Waals surface area (Å²) in [7, 11) is 0. The Labute approximate surface area is 156 Å². The minimum atomic E-state index is -2.15. The minimum absolute atomic E-state index is 0.192. The standard InChI is InChI=1S/C13H6Cl7O/c14-11(15,12(16,17)13(18,19)20)8-5-4-7-2-1-3-10(21)9(7)6-8/h1-6H. The van der Waals surface area contributed by atoms with Gasteiger partial charge in [-0.05, 0) is 23.1 Å². The van der Waals surface area contributed by atoms with Crippen molar-refractivity contribution in [3.05, 3.63) is 42.0 Å². The molecule has 113 valence electrons. The van der Waals surface area contributed by atoms with Gasteiger partial charge in [-0.25, -0.2) is 0 Å². The summed E-state index contributed by atoms with van der Waals surface area (Å²) < 4.78 is -6.23. The van der Waals surface area contributed by atoms with Crippen LogP contribution < -0.4 is 0 Å². The van der Waals surface area contributed by atoms with E-state index < -0.39 is 12.5 Å². The molecule has 0 aromatic heterocycles. The molecule has 1 radical (unpaired) electrons. The Bertz CT molecular complexity index is 676. The fourth-order valence-electron chi connectivity index (χ4n) is 1.80. The third kappa shape index (κ3) is 3.12. The first-order valence-electron chi connectivity index (χ1n) is 5.51. The summed E-state index contributed by atoms with van der Waals surface area (Å²) in [5.41, 5.74) is 0.248. The van der Waals surface area contributed by atoms with Crippen LogP contribution in [0, 0.1) is 0 Å². The lowest BCUT2D eigenvalue weighted by molar-refractivity contribution is 0.360. The summed E-state index contributed by atoms with van der Waals surface area (Å²) in [6.45, 7) is 0. The number of hydrogen-bond donors (Lipinski definition) is 0. The van der Waals surface area contributed by atoms with E-state index in [1.807, 2.05) is 0 Å². The van der Waals surface area contributed by atoms with Gasteiger partial charge in [0, 0.05) is 5.39 Å². The van der Waals surface area contributed by atoms with Crippen molar-refractivity contribution in [2.75, 3.05) is 0 Å². The Morgan fingerprint density at radius 3 is 2.00 bits per heavy atom. The van der Waals surface area contributed by atoms with Crippen LogP contribution in [-0.4, -0.2) is 8.13 Å². The number of hydrogen-bond acceptors (Lipinski definition) is 0. The first-order valence-corrected chi connectivity index (χ1v) is 8.15. The van der Waals surface area contributed by atoms with Gasteiger partial charge < -0.3 is 0 Å². The van der Waals surface area contributed by atoms with Crippen molar-refractivity contribution in [3.63, 3.8) is 0 Å². The van der Waals surface area contributed by atoms with Gasteiger partial charge in [0.25, 0.3) is 0 Å². The summed E-state index contributed by atoms with van der Waals surface area (Å²) in [5, 5.41) is 13.0. The van der Waals surface area contributed by atoms with Gasteiger partial charge in [0.1, 0.15) is 0 Å². The molecule has 0 saturated carbocycles. The van der Waals surface area contributed by atoms with E-state index in [9.17, 15) is 5.11 Å². The third-order valence-electron chi connectivity index (χ3n) is 2.96. The highest BCUT2D eigenvalue weighted by Crippen LogP contribution is 2.60. The fourth-order valence-corrected chi connectivity index (χ4v) is 3.25. The van der Waals surface area contributed by atoms with Crippen LogP contribution in [0.15, 0.2) is 36.4 Å². The van der Waals surface area contributed by atoms with Crippen molar-refractivity contribution < 1.29 is 5.11 Å². The first-order chi connectivity index (χ1) is 9.48. The van der Waals surface area contributed by atoms with Crippen LogP contribution in [0.25, 0.3) is 10.8 Å². The molecule has 0 unspecified atom stereocenters. The van der Waals surface area contributed by atoms with E-state index in [2.05, 4.69) is 0 Å². The van der Waals surface area contributed by atoms with Gasteiger partial charge >= 0.3 is 0 Å². The summed E-state index contributed by atoms with van der Waals surface area (Å²) in [6.07, 6.45) is 0. The highest BCUT2D eigenvalue weighted by Gasteiger charge is 2.60. The van der Waals surface area contributed by atoms with Gasteiger partial charge in [-0.15, -0.1) is 0 Å². The average molecular weight is 426 g/mol. The van der Waals surface area contributed by atoms with Crippen LogP contribution >= 0.6 is 81.2 Å². The van der Waals surface area contributed by atoms with Crippen LogP contribution in [0.1, 0.15) is 5.56 Å². The van der Waals surface area contributed by atoms with Crippen LogP contribution in [0.3, 0.4) is 0 Å². The molecule has 0 spiro atoms. The number of alkyl halides is 7. The first kappa shape index (κ1) is 17.9. The van der Waals surface area contributed by atoms with E-state index in [0.29, 0.717) is 5.39 Å². The van der Waals surface area contributed by atoms with Gasteiger partial charge in [-0.1, -0.05) is 105 Å². The van der Waals surface area contributed by atoms with Crippen molar-refractivity contribution >= 4 is 92.0 Å². The molecule has 8 heteroatoms. The van der Waals surface area contributed by atoms with Gasteiger partial charge in [0.15, 0.2) is 10.1 Å². The lowest BCUT2D eigenvalue weighted by Gasteiger charge is -2.37. The molecule has 0 fully saturated rings. The number of rotatable bonds is 2. The molecule has 0 atom stereocenters. The van der Waals surface area contributed by atoms with Gasteiger partial charge in [-0.3, -0.25) is 5.11 Å². The maximum Gasteiger partial charge on any atom is 0.226 e. The lowest BCUT2D eigenvalue weighted by Crippen LogP contribution is -2.45. The molecule has 0 heterocycles. The SMILES string of the molecule is [O]c1cccc2ccc(C(Cl)(Cl)C(Cl)(Cl)C(Cl)(Cl)Cl)cc12. The Kier molecular flexibility index (Phi) is 5.00. The van der Waals surface area contributed by atoms with E-state index in [1.54, 1.807) is 24.3 Å². The molecule has 0 amide bonds. The largest absolute Gasteiger partial charge is 0.289 e. The fraction of sp³-hybridized carbons (Fsp3) is 0.231. The summed E-state index contributed by atoms with van der Waals surface area (Å²) in [4.78, 5) is 0. The summed E-state index contributed by atoms with van der Waals surface area (Å²) in [6, 6.07) is 9.54. The zero-order valence-electron chi connectivity index (χ0n) is 10.0. The van der Waals surface area contributed by atoms with Gasteiger partial charge in [-0.2, -0.15) is 0 Å². The van der Waals surface area contributed by atoms with Crippen LogP contribution in [0.2, 0.25) is 0 Å². The van der Waals surface area contributed by atoms with E-state index in [4.69, 9.17) is 81.2 Å². The molecule has 0 aliphatic carbocycles. The molecule has 1 nitrogen and oxygen atoms in total. The molecular formula is C13H6Cl7O. The van der Waals surface area contributed by atoms with Gasteiger partial charge in [0.05, 0.1) is 0 Å². The zero-order valence-corrected chi connectivity index (χ0v) is 15.3. The Balaban J connectivity index is 2.63. The maximum atomic E-state index is 11.9. The van der Waals surface area contributed by atoms with Crippen molar-refractivity contribution in [3.8, 4) is 5.75 Å². The number of fused-ring (bicyclic) bond motifs is 1. The molecule has 0 aliphatic rings. The molecule has 21 heavy (non-hydrogen) atoms. The summed E-state index contributed by atoms with van der Waals surface area (Å²) in [5.74, 6) is -0.192. The van der Waals surface area contributed by atoms with Crippen LogP contribution in [-0.2, 0) is 9.44 Å². The Morgan fingerprint density at radius 1 is 0.810 bits per heavy atom. The molecule has 0 bridgehead atoms. The van der Waals surface area contributed by atoms with E-state index in [1.165, 1.54) is 12.1 Å². The summed E-state index contributed by atoms with van der Waals surface area (Å²) >= 11 is 41.8. The van der Waals surface area contributed by atoms with E-state index in [0.717, 1.165) is 5.39 Å². The van der Waals surface area contributed by atoms with Crippen molar-refractivity contribution in [2.24, 2.45) is 0 Å². The molecule has 0 N–H and O–H groups in total. The second-order valence-electron chi connectivity index (χ2n) is 4.34. The van der Waals surface area contributed by atoms with Crippen LogP contribution in [0.5, 0.6) is 5.75 Å². The Hall–Kier alpha value is 0.530. The highest BCUT2D eigenvalue weighted by molar-refractivity contribution is 6.78. The van der Waals surface area contributed by atoms with Crippen molar-refractivity contribution in [1.29, 1.82) is 0 Å². The van der Waals surface area contributed by atoms with Gasteiger partial charge in [0.2, 0.25) is 8.13 Å². The zero-order chi connectivity index (χ0) is 16.1. The second-order valence-corrected chi connectivity index (χ2v) is 9.27. The molecular weight excluding hydrogens is 420 g/mol. The third-order valence-corrected chi connectivity index (χ3v) is 6.91. The Morgan fingerprint density at radius 2 is 1.43 bits per heavy atom. The average Bonchev–Trinajstić information content (AvgIpc) is 2.37. The van der Waals surface area contributed by atoms with Crippen LogP contribution in [0.4, 0.5) is 0 Å².